The van der Waals surface area contributed by atoms with Gasteiger partial charge in [-0.2, -0.15) is 8.78 Å². The van der Waals surface area contributed by atoms with Crippen LogP contribution >= 0.6 is 0 Å². The van der Waals surface area contributed by atoms with Gasteiger partial charge >= 0.3 is 6.09 Å². The predicted molar refractivity (Wildman–Crippen MR) is 218 cm³/mol. The number of hydrogen-bond acceptors (Lipinski definition) is 11. The van der Waals surface area contributed by atoms with Crippen LogP contribution in [0.4, 0.5) is 22.4 Å². The fraction of sp³-hybridized carbons (Fsp3) is 0.721. The number of sulfonamides is 1. The summed E-state index contributed by atoms with van der Waals surface area (Å²) in [6.45, 7) is 7.71. The van der Waals surface area contributed by atoms with E-state index in [2.05, 4.69) is 20.6 Å². The Bertz CT molecular complexity index is 2290. The minimum atomic E-state index is -4.32. The van der Waals surface area contributed by atoms with Gasteiger partial charge in [0.1, 0.15) is 35.6 Å². The molecule has 1 aromatic heterocycles. The van der Waals surface area contributed by atoms with Crippen LogP contribution in [0.1, 0.15) is 105 Å². The van der Waals surface area contributed by atoms with Gasteiger partial charge in [-0.3, -0.25) is 19.1 Å². The second kappa shape index (κ2) is 15.9. The SMILES string of the molecule is CC[C@@H]1[C@@H]2CN(C(=O)[C@H](C(C)(C)C)NC(=O)O[C@@H]3C[C@@H]4C[C@@H]4[C@H]3CCCCC(F)(F)c3nc4ccc(OC)cc4nc3O2)[C@@H]1C(=O)N[C@]1(C(=O)NS(=O)(=O)C2(C)CC2)C[C@H]1C(F)F. The Kier molecular flexibility index (Phi) is 11.4. The van der Waals surface area contributed by atoms with E-state index in [0.717, 1.165) is 11.3 Å². The van der Waals surface area contributed by atoms with Gasteiger partial charge in [-0.05, 0) is 93.6 Å². The lowest BCUT2D eigenvalue weighted by Gasteiger charge is -2.36. The zero-order valence-corrected chi connectivity index (χ0v) is 37.0. The lowest BCUT2D eigenvalue weighted by molar-refractivity contribution is -0.144. The average molecular weight is 909 g/mol. The second-order valence-electron chi connectivity index (χ2n) is 19.8. The smallest absolute Gasteiger partial charge is 0.408 e. The number of hydrogen-bond donors (Lipinski definition) is 3. The number of carbonyl (C=O) groups is 4. The molecule has 63 heavy (non-hydrogen) atoms. The van der Waals surface area contributed by atoms with Crippen molar-refractivity contribution in [2.45, 2.75) is 146 Å². The van der Waals surface area contributed by atoms with Crippen molar-refractivity contribution in [2.75, 3.05) is 13.7 Å². The minimum absolute atomic E-state index is 0.0539. The van der Waals surface area contributed by atoms with Crippen LogP contribution < -0.4 is 24.8 Å². The molecule has 10 atom stereocenters. The standard InChI is InChI=1S/C43H56F4N6O9S/c1-7-23-30-20-53(31(23)35(54)51-42(19-26(42)34(44)45)38(56)52-63(58,59)41(5)14-15-41)37(55)33(40(2,3)4)50-39(57)62-29-17-21-16-25(21)24(29)10-8-9-13-43(46,47)32-36(61-30)49-28-18-22(60-6)11-12-27(28)48-32/h11-12,18,21,23-26,29-31,33-34H,7-10,13-17,19-20H2,1-6H3,(H,50,57)(H,51,54)(H,52,56)/t21-,23+,24+,25-,26-,29+,30-,31-,33+,42+/m0/s1. The number of nitrogens with zero attached hydrogens (tertiary/aromatic N) is 3. The first kappa shape index (κ1) is 45.1. The molecule has 2 aliphatic heterocycles. The summed E-state index contributed by atoms with van der Waals surface area (Å²) in [7, 11) is -2.89. The van der Waals surface area contributed by atoms with E-state index >= 15 is 13.6 Å². The zero-order valence-electron chi connectivity index (χ0n) is 36.2. The molecule has 5 fully saturated rings. The van der Waals surface area contributed by atoms with Crippen molar-refractivity contribution in [3.63, 3.8) is 0 Å². The van der Waals surface area contributed by atoms with E-state index in [0.29, 0.717) is 36.8 Å². The summed E-state index contributed by atoms with van der Waals surface area (Å²) in [6, 6.07) is 1.62. The Morgan fingerprint density at radius 1 is 1.03 bits per heavy atom. The molecule has 0 unspecified atom stereocenters. The summed E-state index contributed by atoms with van der Waals surface area (Å²) in [5.74, 6) is -9.17. The summed E-state index contributed by atoms with van der Waals surface area (Å²) < 4.78 is 107. The molecule has 346 valence electrons. The molecular formula is C43H56F4N6O9S. The van der Waals surface area contributed by atoms with Gasteiger partial charge in [0.25, 0.3) is 11.8 Å². The maximum absolute atomic E-state index is 16.6. The van der Waals surface area contributed by atoms with Crippen molar-refractivity contribution < 1.29 is 59.4 Å². The molecule has 3 N–H and O–H groups in total. The monoisotopic (exact) mass is 908 g/mol. The summed E-state index contributed by atoms with van der Waals surface area (Å²) in [4.78, 5) is 67.3. The number of rotatable bonds is 8. The number of methoxy groups -OCH3 is 1. The van der Waals surface area contributed by atoms with Gasteiger partial charge in [-0.25, -0.2) is 32.0 Å². The van der Waals surface area contributed by atoms with Gasteiger partial charge in [0.15, 0.2) is 5.69 Å². The lowest BCUT2D eigenvalue weighted by Crippen LogP contribution is -2.61. The predicted octanol–water partition coefficient (Wildman–Crippen LogP) is 5.59. The molecule has 4 saturated carbocycles. The number of aromatic nitrogens is 2. The van der Waals surface area contributed by atoms with Crippen LogP contribution in [0.3, 0.4) is 0 Å². The molecule has 20 heteroatoms. The Labute approximate surface area is 363 Å². The second-order valence-corrected chi connectivity index (χ2v) is 22.0. The van der Waals surface area contributed by atoms with Crippen LogP contribution in [0.5, 0.6) is 11.6 Å². The highest BCUT2D eigenvalue weighted by molar-refractivity contribution is 7.91. The Hall–Kier alpha value is -4.49. The molecular weight excluding hydrogens is 853 g/mol. The molecule has 3 heterocycles. The van der Waals surface area contributed by atoms with E-state index < -0.39 is 129 Å². The fourth-order valence-corrected chi connectivity index (χ4v) is 11.4. The maximum atomic E-state index is 16.6. The van der Waals surface area contributed by atoms with Crippen LogP contribution in [0, 0.1) is 35.0 Å². The third kappa shape index (κ3) is 8.37. The van der Waals surface area contributed by atoms with Crippen LogP contribution in [-0.2, 0) is 35.1 Å². The molecule has 2 aromatic rings. The lowest BCUT2D eigenvalue weighted by atomic mass is 9.85. The van der Waals surface area contributed by atoms with E-state index in [1.807, 2.05) is 4.72 Å². The van der Waals surface area contributed by atoms with Crippen molar-refractivity contribution >= 4 is 44.9 Å². The van der Waals surface area contributed by atoms with Crippen LogP contribution in [-0.4, -0.2) is 102 Å². The normalized spacial score (nSPS) is 33.6. The Balaban J connectivity index is 1.20. The maximum Gasteiger partial charge on any atom is 0.408 e. The third-order valence-corrected chi connectivity index (χ3v) is 16.6. The van der Waals surface area contributed by atoms with E-state index in [-0.39, 0.29) is 42.6 Å². The number of ether oxygens (including phenoxy) is 3. The van der Waals surface area contributed by atoms with E-state index in [1.54, 1.807) is 33.8 Å². The van der Waals surface area contributed by atoms with Crippen LogP contribution in [0.2, 0.25) is 0 Å². The van der Waals surface area contributed by atoms with Crippen molar-refractivity contribution in [1.82, 2.24) is 30.2 Å². The minimum Gasteiger partial charge on any atom is -0.497 e. The van der Waals surface area contributed by atoms with Gasteiger partial charge in [0.2, 0.25) is 34.1 Å². The topological polar surface area (TPSA) is 195 Å². The molecule has 0 spiro atoms. The Morgan fingerprint density at radius 2 is 1.76 bits per heavy atom. The van der Waals surface area contributed by atoms with Crippen LogP contribution in [0.25, 0.3) is 11.0 Å². The molecule has 4 amide bonds. The van der Waals surface area contributed by atoms with Gasteiger partial charge in [-0.1, -0.05) is 34.1 Å². The van der Waals surface area contributed by atoms with Crippen molar-refractivity contribution in [3.8, 4) is 11.6 Å². The number of halogens is 4. The van der Waals surface area contributed by atoms with Gasteiger partial charge < -0.3 is 29.7 Å². The van der Waals surface area contributed by atoms with Gasteiger partial charge in [0, 0.05) is 18.4 Å². The first-order valence-electron chi connectivity index (χ1n) is 21.9. The van der Waals surface area contributed by atoms with E-state index in [1.165, 1.54) is 26.2 Å². The van der Waals surface area contributed by atoms with Crippen molar-refractivity contribution in [3.05, 3.63) is 23.9 Å². The number of carbonyl (C=O) groups excluding carboxylic acids is 4. The third-order valence-electron chi connectivity index (χ3n) is 14.4. The van der Waals surface area contributed by atoms with E-state index in [9.17, 15) is 31.6 Å². The van der Waals surface area contributed by atoms with Gasteiger partial charge in [0.05, 0.1) is 35.4 Å². The average Bonchev–Trinajstić information content (AvgIpc) is 4.17. The first-order chi connectivity index (χ1) is 29.5. The van der Waals surface area contributed by atoms with Gasteiger partial charge in [-0.15, -0.1) is 0 Å². The highest BCUT2D eigenvalue weighted by Crippen LogP contribution is 2.58. The number of alkyl carbamates (subject to hydrolysis) is 1. The molecule has 6 aliphatic rings. The molecule has 15 nitrogen and oxygen atoms in total. The molecule has 1 saturated heterocycles. The zero-order chi connectivity index (χ0) is 45.6. The first-order valence-corrected chi connectivity index (χ1v) is 23.4. The summed E-state index contributed by atoms with van der Waals surface area (Å²) in [6.07, 6.45) is -3.77. The highest BCUT2D eigenvalue weighted by Gasteiger charge is 2.68. The number of amides is 4. The summed E-state index contributed by atoms with van der Waals surface area (Å²) >= 11 is 0. The largest absolute Gasteiger partial charge is 0.497 e. The molecule has 2 bridgehead atoms. The number of benzene rings is 1. The number of fused-ring (bicyclic) bond motifs is 7. The van der Waals surface area contributed by atoms with Crippen molar-refractivity contribution in [1.29, 1.82) is 0 Å². The summed E-state index contributed by atoms with van der Waals surface area (Å²) in [5, 5.41) is 5.17. The fourth-order valence-electron chi connectivity index (χ4n) is 10.1. The molecule has 0 radical (unpaired) electrons. The molecule has 8 rings (SSSR count). The Morgan fingerprint density at radius 3 is 2.40 bits per heavy atom. The summed E-state index contributed by atoms with van der Waals surface area (Å²) in [5.41, 5.74) is -3.81. The van der Waals surface area contributed by atoms with Crippen molar-refractivity contribution in [2.24, 2.45) is 35.0 Å². The molecule has 1 aromatic carbocycles. The quantitative estimate of drug-likeness (QED) is 0.280. The van der Waals surface area contributed by atoms with E-state index in [4.69, 9.17) is 14.2 Å². The number of alkyl halides is 4. The molecule has 4 aliphatic carbocycles. The van der Waals surface area contributed by atoms with Crippen LogP contribution in [0.15, 0.2) is 18.2 Å². The number of nitrogens with one attached hydrogen (secondary N) is 3. The highest BCUT2D eigenvalue weighted by atomic mass is 32.2.